The Hall–Kier alpha value is -2.74. The summed E-state index contributed by atoms with van der Waals surface area (Å²) in [5.41, 5.74) is 6.10. The Morgan fingerprint density at radius 2 is 2.28 bits per heavy atom. The van der Waals surface area contributed by atoms with Crippen LogP contribution < -0.4 is 11.1 Å². The number of aromatic nitrogens is 3. The van der Waals surface area contributed by atoms with Crippen LogP contribution in [0.1, 0.15) is 6.42 Å². The lowest BCUT2D eigenvalue weighted by atomic mass is 10.1. The lowest BCUT2D eigenvalue weighted by molar-refractivity contribution is 0.217. The van der Waals surface area contributed by atoms with Crippen molar-refractivity contribution in [3.63, 3.8) is 0 Å². The number of thiophene rings is 1. The molecule has 0 aromatic carbocycles. The smallest absolute Gasteiger partial charge is 0.314 e. The summed E-state index contributed by atoms with van der Waals surface area (Å²) >= 11 is 1.58. The van der Waals surface area contributed by atoms with Gasteiger partial charge in [-0.2, -0.15) is 0 Å². The first-order chi connectivity index (χ1) is 12.2. The second kappa shape index (κ2) is 6.64. The number of fused-ring (bicyclic) bond motifs is 1. The quantitative estimate of drug-likeness (QED) is 0.750. The predicted octanol–water partition coefficient (Wildman–Crippen LogP) is 2.57. The predicted molar refractivity (Wildman–Crippen MR) is 98.4 cm³/mol. The summed E-state index contributed by atoms with van der Waals surface area (Å²) in [6.07, 6.45) is 2.68. The fourth-order valence-corrected chi connectivity index (χ4v) is 3.80. The molecule has 1 atom stereocenters. The molecule has 8 heteroatoms. The molecule has 7 nitrogen and oxygen atoms in total. The van der Waals surface area contributed by atoms with E-state index in [9.17, 15) is 4.79 Å². The summed E-state index contributed by atoms with van der Waals surface area (Å²) in [5.74, 6) is 1.79. The molecule has 25 heavy (non-hydrogen) atoms. The van der Waals surface area contributed by atoms with Crippen LogP contribution >= 0.6 is 11.3 Å². The van der Waals surface area contributed by atoms with E-state index in [0.29, 0.717) is 18.3 Å². The van der Waals surface area contributed by atoms with Crippen molar-refractivity contribution in [2.75, 3.05) is 25.0 Å². The molecule has 1 unspecified atom stereocenters. The third-order valence-electron chi connectivity index (χ3n) is 4.37. The highest BCUT2D eigenvalue weighted by Crippen LogP contribution is 2.28. The van der Waals surface area contributed by atoms with Crippen molar-refractivity contribution in [2.45, 2.75) is 6.42 Å². The third kappa shape index (κ3) is 3.25. The zero-order valence-electron chi connectivity index (χ0n) is 13.6. The van der Waals surface area contributed by atoms with Crippen LogP contribution in [0, 0.1) is 5.92 Å². The summed E-state index contributed by atoms with van der Waals surface area (Å²) < 4.78 is 0. The first-order valence-corrected chi connectivity index (χ1v) is 9.03. The Kier molecular flexibility index (Phi) is 4.19. The minimum Gasteiger partial charge on any atom is -0.369 e. The number of nitrogens with one attached hydrogen (secondary N) is 1. The third-order valence-corrected chi connectivity index (χ3v) is 5.18. The number of likely N-dealkylation sites (tertiary alicyclic amines) is 1. The number of amides is 2. The molecule has 3 N–H and O–H groups in total. The van der Waals surface area contributed by atoms with E-state index < -0.39 is 0 Å². The van der Waals surface area contributed by atoms with E-state index in [1.165, 1.54) is 0 Å². The number of nitrogens with zero attached hydrogens (tertiary/aromatic N) is 4. The molecular weight excluding hydrogens is 336 g/mol. The summed E-state index contributed by atoms with van der Waals surface area (Å²) in [5, 5.41) is 6.45. The Bertz CT molecular complexity index is 897. The molecule has 3 aromatic rings. The van der Waals surface area contributed by atoms with E-state index >= 15 is 0 Å². The Balaban J connectivity index is 1.57. The van der Waals surface area contributed by atoms with Gasteiger partial charge in [0.05, 0.1) is 5.39 Å². The van der Waals surface area contributed by atoms with Gasteiger partial charge in [0, 0.05) is 25.8 Å². The van der Waals surface area contributed by atoms with Gasteiger partial charge in [0.25, 0.3) is 0 Å². The summed E-state index contributed by atoms with van der Waals surface area (Å²) in [7, 11) is 0. The molecule has 1 aliphatic rings. The number of nitrogens with two attached hydrogens (primary N) is 1. The van der Waals surface area contributed by atoms with Gasteiger partial charge in [0.1, 0.15) is 16.3 Å². The number of hydrogen-bond acceptors (Lipinski definition) is 6. The first-order valence-electron chi connectivity index (χ1n) is 8.15. The first kappa shape index (κ1) is 15.8. The highest BCUT2D eigenvalue weighted by molar-refractivity contribution is 7.16. The van der Waals surface area contributed by atoms with Crippen molar-refractivity contribution >= 4 is 33.4 Å². The molecular formula is C17H18N6OS. The van der Waals surface area contributed by atoms with Crippen LogP contribution in [-0.2, 0) is 0 Å². The van der Waals surface area contributed by atoms with Crippen LogP contribution in [0.25, 0.3) is 21.7 Å². The topological polar surface area (TPSA) is 97.0 Å². The van der Waals surface area contributed by atoms with Crippen molar-refractivity contribution in [1.82, 2.24) is 19.9 Å². The summed E-state index contributed by atoms with van der Waals surface area (Å²) in [6, 6.07) is 7.38. The van der Waals surface area contributed by atoms with Crippen molar-refractivity contribution < 1.29 is 4.79 Å². The van der Waals surface area contributed by atoms with Gasteiger partial charge in [0.15, 0.2) is 5.82 Å². The van der Waals surface area contributed by atoms with Gasteiger partial charge in [-0.1, -0.05) is 6.07 Å². The van der Waals surface area contributed by atoms with E-state index in [-0.39, 0.29) is 6.03 Å². The largest absolute Gasteiger partial charge is 0.369 e. The molecule has 1 saturated heterocycles. The minimum absolute atomic E-state index is 0.345. The van der Waals surface area contributed by atoms with E-state index in [1.807, 2.05) is 29.6 Å². The van der Waals surface area contributed by atoms with Gasteiger partial charge in [-0.05, 0) is 35.9 Å². The average Bonchev–Trinajstić information content (AvgIpc) is 3.29. The molecule has 128 valence electrons. The van der Waals surface area contributed by atoms with Crippen molar-refractivity contribution in [3.8, 4) is 11.5 Å². The lowest BCUT2D eigenvalue weighted by Crippen LogP contribution is -2.34. The zero-order valence-corrected chi connectivity index (χ0v) is 14.4. The van der Waals surface area contributed by atoms with Crippen LogP contribution in [-0.4, -0.2) is 45.5 Å². The van der Waals surface area contributed by atoms with Gasteiger partial charge in [-0.3, -0.25) is 4.98 Å². The van der Waals surface area contributed by atoms with Crippen molar-refractivity contribution in [3.05, 3.63) is 35.8 Å². The van der Waals surface area contributed by atoms with Gasteiger partial charge in [-0.15, -0.1) is 11.3 Å². The number of primary amides is 1. The monoisotopic (exact) mass is 354 g/mol. The minimum atomic E-state index is -0.345. The van der Waals surface area contributed by atoms with E-state index in [0.717, 1.165) is 41.2 Å². The number of carbonyl (C=O) groups is 1. The van der Waals surface area contributed by atoms with Gasteiger partial charge >= 0.3 is 6.03 Å². The molecule has 1 fully saturated rings. The van der Waals surface area contributed by atoms with Crippen LogP contribution in [0.15, 0.2) is 35.8 Å². The van der Waals surface area contributed by atoms with Crippen LogP contribution in [0.2, 0.25) is 0 Å². The molecule has 1 aliphatic heterocycles. The number of pyridine rings is 1. The molecule has 0 spiro atoms. The maximum atomic E-state index is 11.3. The fraction of sp³-hybridized carbons (Fsp3) is 0.294. The molecule has 4 rings (SSSR count). The van der Waals surface area contributed by atoms with E-state index in [4.69, 9.17) is 5.73 Å². The number of carbonyl (C=O) groups excluding carboxylic acids is 1. The Morgan fingerprint density at radius 3 is 3.04 bits per heavy atom. The Morgan fingerprint density at radius 1 is 1.36 bits per heavy atom. The van der Waals surface area contributed by atoms with Gasteiger partial charge in [0.2, 0.25) is 0 Å². The Labute approximate surface area is 148 Å². The van der Waals surface area contributed by atoms with Crippen LogP contribution in [0.3, 0.4) is 0 Å². The van der Waals surface area contributed by atoms with Gasteiger partial charge in [-0.25, -0.2) is 14.8 Å². The SMILES string of the molecule is NC(=O)N1CCC(CNc2nc(-c3ccccn3)nc3sccc23)C1. The van der Waals surface area contributed by atoms with E-state index in [2.05, 4.69) is 20.3 Å². The standard InChI is InChI=1S/C17H18N6OS/c18-17(24)23-7-4-11(10-23)9-20-14-12-5-8-25-16(12)22-15(21-14)13-3-1-2-6-19-13/h1-3,5-6,8,11H,4,7,9-10H2,(H2,18,24)(H,20,21,22). The molecule has 4 heterocycles. The molecule has 0 radical (unpaired) electrons. The van der Waals surface area contributed by atoms with Crippen LogP contribution in [0.5, 0.6) is 0 Å². The van der Waals surface area contributed by atoms with E-state index in [1.54, 1.807) is 22.4 Å². The molecule has 3 aromatic heterocycles. The second-order valence-corrected chi connectivity index (χ2v) is 6.96. The molecule has 2 amide bonds. The van der Waals surface area contributed by atoms with Crippen molar-refractivity contribution in [2.24, 2.45) is 11.7 Å². The number of hydrogen-bond donors (Lipinski definition) is 2. The number of urea groups is 1. The summed E-state index contributed by atoms with van der Waals surface area (Å²) in [4.78, 5) is 27.5. The zero-order chi connectivity index (χ0) is 17.2. The maximum Gasteiger partial charge on any atom is 0.314 e. The average molecular weight is 354 g/mol. The van der Waals surface area contributed by atoms with Crippen LogP contribution in [0.4, 0.5) is 10.6 Å². The summed E-state index contributed by atoms with van der Waals surface area (Å²) in [6.45, 7) is 2.15. The number of rotatable bonds is 4. The molecule has 0 saturated carbocycles. The molecule has 0 bridgehead atoms. The second-order valence-electron chi connectivity index (χ2n) is 6.07. The molecule has 0 aliphatic carbocycles. The normalized spacial score (nSPS) is 17.1. The highest BCUT2D eigenvalue weighted by Gasteiger charge is 2.24. The highest BCUT2D eigenvalue weighted by atomic mass is 32.1. The number of anilines is 1. The fourth-order valence-electron chi connectivity index (χ4n) is 3.04. The lowest BCUT2D eigenvalue weighted by Gasteiger charge is -2.15. The maximum absolute atomic E-state index is 11.3. The van der Waals surface area contributed by atoms with Gasteiger partial charge < -0.3 is 16.0 Å². The van der Waals surface area contributed by atoms with Crippen molar-refractivity contribution in [1.29, 1.82) is 0 Å².